The maximum Gasteiger partial charge on any atom is 0.270 e. The van der Waals surface area contributed by atoms with Gasteiger partial charge in [-0.05, 0) is 19.9 Å². The number of benzene rings is 1. The Balaban J connectivity index is 3.43. The highest BCUT2D eigenvalue weighted by Crippen LogP contribution is 2.29. The molecule has 0 heterocycles. The van der Waals surface area contributed by atoms with Gasteiger partial charge in [-0.15, -0.1) is 0 Å². The summed E-state index contributed by atoms with van der Waals surface area (Å²) in [5.74, 6) is 0. The lowest BCUT2D eigenvalue weighted by Crippen LogP contribution is -2.37. The number of hydrogen-bond acceptors (Lipinski definition) is 6. The molecule has 1 aromatic carbocycles. The van der Waals surface area contributed by atoms with Crippen LogP contribution in [0, 0.1) is 10.1 Å². The molecule has 21 heavy (non-hydrogen) atoms. The van der Waals surface area contributed by atoms with Gasteiger partial charge in [0, 0.05) is 31.8 Å². The van der Waals surface area contributed by atoms with Gasteiger partial charge in [0.15, 0.2) is 0 Å². The van der Waals surface area contributed by atoms with E-state index in [9.17, 15) is 18.5 Å². The molecular weight excluding hydrogens is 298 g/mol. The molecule has 0 aliphatic heterocycles. The monoisotopic (exact) mass is 317 g/mol. The number of nitro groups is 1. The van der Waals surface area contributed by atoms with Crippen LogP contribution in [0.4, 0.5) is 11.4 Å². The molecule has 0 aliphatic carbocycles. The average molecular weight is 317 g/mol. The number of aliphatic hydroxyl groups excluding tert-OH is 1. The van der Waals surface area contributed by atoms with Crippen molar-refractivity contribution in [2.24, 2.45) is 0 Å². The third-order valence-electron chi connectivity index (χ3n) is 3.09. The van der Waals surface area contributed by atoms with Crippen molar-refractivity contribution < 1.29 is 18.4 Å². The maximum atomic E-state index is 12.6. The molecule has 0 saturated carbocycles. The molecule has 0 aliphatic rings. The fourth-order valence-electron chi connectivity index (χ4n) is 1.68. The van der Waals surface area contributed by atoms with Gasteiger partial charge in [0.1, 0.15) is 4.90 Å². The largest absolute Gasteiger partial charge is 0.395 e. The van der Waals surface area contributed by atoms with E-state index >= 15 is 0 Å². The number of likely N-dealkylation sites (N-methyl/N-ethyl adjacent to an activating group) is 1. The number of sulfonamides is 1. The fourth-order valence-corrected chi connectivity index (χ4v) is 3.22. The number of nitrogens with one attached hydrogen (secondary N) is 1. The van der Waals surface area contributed by atoms with Gasteiger partial charge in [0.05, 0.1) is 17.2 Å². The molecule has 0 amide bonds. The molecule has 1 atom stereocenters. The predicted molar refractivity (Wildman–Crippen MR) is 78.8 cm³/mol. The average Bonchev–Trinajstić information content (AvgIpc) is 2.45. The Labute approximate surface area is 123 Å². The first kappa shape index (κ1) is 17.3. The standard InChI is InChI=1S/C12H19N3O5S/c1-4-13-11-6-5-10(15(17)18)7-12(11)21(19,20)14(3)9(2)8-16/h5-7,9,13,16H,4,8H2,1-3H3. The fraction of sp³-hybridized carbons (Fsp3) is 0.500. The van der Waals surface area contributed by atoms with Crippen molar-refractivity contribution >= 4 is 21.4 Å². The summed E-state index contributed by atoms with van der Waals surface area (Å²) >= 11 is 0. The Hall–Kier alpha value is -1.71. The van der Waals surface area contributed by atoms with Crippen molar-refractivity contribution in [2.45, 2.75) is 24.8 Å². The molecule has 9 heteroatoms. The Morgan fingerprint density at radius 1 is 1.48 bits per heavy atom. The molecule has 8 nitrogen and oxygen atoms in total. The quantitative estimate of drug-likeness (QED) is 0.573. The second-order valence-corrected chi connectivity index (χ2v) is 6.49. The summed E-state index contributed by atoms with van der Waals surface area (Å²) in [4.78, 5) is 10.0. The highest BCUT2D eigenvalue weighted by atomic mass is 32.2. The van der Waals surface area contributed by atoms with Crippen molar-refractivity contribution in [2.75, 3.05) is 25.5 Å². The van der Waals surface area contributed by atoms with E-state index in [0.717, 1.165) is 10.4 Å². The Kier molecular flexibility index (Phi) is 5.64. The summed E-state index contributed by atoms with van der Waals surface area (Å²) in [6.45, 7) is 3.46. The molecule has 0 fully saturated rings. The molecule has 2 N–H and O–H groups in total. The minimum atomic E-state index is -3.95. The van der Waals surface area contributed by atoms with Crippen LogP contribution in [-0.2, 0) is 10.0 Å². The van der Waals surface area contributed by atoms with E-state index in [0.29, 0.717) is 12.2 Å². The van der Waals surface area contributed by atoms with Crippen molar-refractivity contribution in [3.63, 3.8) is 0 Å². The first-order valence-electron chi connectivity index (χ1n) is 6.36. The second kappa shape index (κ2) is 6.83. The highest BCUT2D eigenvalue weighted by Gasteiger charge is 2.29. The van der Waals surface area contributed by atoms with Crippen LogP contribution in [0.1, 0.15) is 13.8 Å². The van der Waals surface area contributed by atoms with Crippen LogP contribution >= 0.6 is 0 Å². The van der Waals surface area contributed by atoms with E-state index in [2.05, 4.69) is 5.32 Å². The molecular formula is C12H19N3O5S. The maximum absolute atomic E-state index is 12.6. The first-order chi connectivity index (χ1) is 9.75. The molecule has 118 valence electrons. The van der Waals surface area contributed by atoms with Gasteiger partial charge in [-0.3, -0.25) is 10.1 Å². The summed E-state index contributed by atoms with van der Waals surface area (Å²) in [5, 5.41) is 22.8. The summed E-state index contributed by atoms with van der Waals surface area (Å²) in [6.07, 6.45) is 0. The number of anilines is 1. The zero-order valence-electron chi connectivity index (χ0n) is 12.1. The SMILES string of the molecule is CCNc1ccc([N+](=O)[O-])cc1S(=O)(=O)N(C)C(C)CO. The van der Waals surface area contributed by atoms with Gasteiger partial charge in [0.25, 0.3) is 5.69 Å². The van der Waals surface area contributed by atoms with E-state index in [4.69, 9.17) is 5.11 Å². The van der Waals surface area contributed by atoms with Crippen LogP contribution in [0.15, 0.2) is 23.1 Å². The predicted octanol–water partition coefficient (Wildman–Crippen LogP) is 1.03. The highest BCUT2D eigenvalue weighted by molar-refractivity contribution is 7.89. The molecule has 0 saturated heterocycles. The summed E-state index contributed by atoms with van der Waals surface area (Å²) in [5.41, 5.74) is -0.0135. The van der Waals surface area contributed by atoms with Crippen LogP contribution in [0.5, 0.6) is 0 Å². The number of hydrogen-bond donors (Lipinski definition) is 2. The van der Waals surface area contributed by atoms with Crippen molar-refractivity contribution in [3.8, 4) is 0 Å². The van der Waals surface area contributed by atoms with Crippen molar-refractivity contribution in [1.29, 1.82) is 0 Å². The van der Waals surface area contributed by atoms with Crippen LogP contribution in [0.3, 0.4) is 0 Å². The number of nitro benzene ring substituents is 1. The summed E-state index contributed by atoms with van der Waals surface area (Å²) in [7, 11) is -2.63. The lowest BCUT2D eigenvalue weighted by atomic mass is 10.3. The van der Waals surface area contributed by atoms with Crippen molar-refractivity contribution in [1.82, 2.24) is 4.31 Å². The van der Waals surface area contributed by atoms with E-state index in [1.807, 2.05) is 0 Å². The number of nitrogens with zero attached hydrogens (tertiary/aromatic N) is 2. The van der Waals surface area contributed by atoms with Crippen LogP contribution in [0.2, 0.25) is 0 Å². The van der Waals surface area contributed by atoms with E-state index in [-0.39, 0.29) is 17.2 Å². The molecule has 1 unspecified atom stereocenters. The van der Waals surface area contributed by atoms with E-state index in [1.165, 1.54) is 19.2 Å². The van der Waals surface area contributed by atoms with E-state index < -0.39 is 21.0 Å². The third kappa shape index (κ3) is 3.69. The minimum absolute atomic E-state index is 0.179. The molecule has 0 spiro atoms. The van der Waals surface area contributed by atoms with Crippen LogP contribution < -0.4 is 5.32 Å². The van der Waals surface area contributed by atoms with Gasteiger partial charge in [-0.1, -0.05) is 0 Å². The zero-order chi connectivity index (χ0) is 16.2. The van der Waals surface area contributed by atoms with Gasteiger partial charge < -0.3 is 10.4 Å². The molecule has 1 rings (SSSR count). The summed E-state index contributed by atoms with van der Waals surface area (Å²) in [6, 6.07) is 3.00. The molecule has 1 aromatic rings. The van der Waals surface area contributed by atoms with Gasteiger partial charge in [-0.2, -0.15) is 4.31 Å². The molecule has 0 bridgehead atoms. The zero-order valence-corrected chi connectivity index (χ0v) is 12.9. The lowest BCUT2D eigenvalue weighted by molar-refractivity contribution is -0.385. The third-order valence-corrected chi connectivity index (χ3v) is 5.10. The number of non-ortho nitro benzene ring substituents is 1. The Bertz CT molecular complexity index is 617. The molecule has 0 radical (unpaired) electrons. The van der Waals surface area contributed by atoms with Crippen LogP contribution in [0.25, 0.3) is 0 Å². The van der Waals surface area contributed by atoms with Gasteiger partial charge in [-0.25, -0.2) is 8.42 Å². The smallest absolute Gasteiger partial charge is 0.270 e. The molecule has 0 aromatic heterocycles. The van der Waals surface area contributed by atoms with Crippen LogP contribution in [-0.4, -0.2) is 49.0 Å². The summed E-state index contributed by atoms with van der Waals surface area (Å²) < 4.78 is 26.1. The minimum Gasteiger partial charge on any atom is -0.395 e. The number of aliphatic hydroxyl groups is 1. The second-order valence-electron chi connectivity index (χ2n) is 4.52. The van der Waals surface area contributed by atoms with Gasteiger partial charge >= 0.3 is 0 Å². The first-order valence-corrected chi connectivity index (χ1v) is 7.80. The van der Waals surface area contributed by atoms with Crippen molar-refractivity contribution in [3.05, 3.63) is 28.3 Å². The Morgan fingerprint density at radius 3 is 2.57 bits per heavy atom. The lowest BCUT2D eigenvalue weighted by Gasteiger charge is -2.23. The Morgan fingerprint density at radius 2 is 2.10 bits per heavy atom. The van der Waals surface area contributed by atoms with Gasteiger partial charge in [0.2, 0.25) is 10.0 Å². The topological polar surface area (TPSA) is 113 Å². The normalized spacial score (nSPS) is 13.2. The van der Waals surface area contributed by atoms with E-state index in [1.54, 1.807) is 13.8 Å². The number of rotatable bonds is 7.